The quantitative estimate of drug-likeness (QED) is 0.805. The van der Waals surface area contributed by atoms with Crippen molar-refractivity contribution in [2.24, 2.45) is 0 Å². The summed E-state index contributed by atoms with van der Waals surface area (Å²) in [5, 5.41) is 9.64. The van der Waals surface area contributed by atoms with E-state index < -0.39 is 0 Å². The first-order chi connectivity index (χ1) is 10.7. The fraction of sp³-hybridized carbons (Fsp3) is 0.316. The molecule has 3 heteroatoms. The lowest BCUT2D eigenvalue weighted by Crippen LogP contribution is -2.05. The van der Waals surface area contributed by atoms with E-state index in [9.17, 15) is 5.26 Å². The number of nitriles is 1. The second-order valence-electron chi connectivity index (χ2n) is 5.13. The van der Waals surface area contributed by atoms with Gasteiger partial charge in [-0.2, -0.15) is 5.26 Å². The van der Waals surface area contributed by atoms with Gasteiger partial charge in [0.1, 0.15) is 11.5 Å². The molecule has 0 fully saturated rings. The normalized spacial score (nSPS) is 11.5. The van der Waals surface area contributed by atoms with E-state index in [2.05, 4.69) is 19.1 Å². The zero-order chi connectivity index (χ0) is 15.9. The molecule has 2 rings (SSSR count). The number of methoxy groups -OCH3 is 2. The Morgan fingerprint density at radius 3 is 2.41 bits per heavy atom. The Bertz CT molecular complexity index is 673. The van der Waals surface area contributed by atoms with Crippen molar-refractivity contribution in [2.45, 2.75) is 25.7 Å². The Hall–Kier alpha value is -2.47. The van der Waals surface area contributed by atoms with Gasteiger partial charge in [0.05, 0.1) is 26.2 Å². The zero-order valence-corrected chi connectivity index (χ0v) is 13.3. The van der Waals surface area contributed by atoms with E-state index in [1.165, 1.54) is 5.56 Å². The van der Waals surface area contributed by atoms with E-state index >= 15 is 0 Å². The summed E-state index contributed by atoms with van der Waals surface area (Å²) < 4.78 is 10.8. The largest absolute Gasteiger partial charge is 0.496 e. The fourth-order valence-electron chi connectivity index (χ4n) is 2.59. The lowest BCUT2D eigenvalue weighted by atomic mass is 9.90. The maximum Gasteiger partial charge on any atom is 0.123 e. The SMILES string of the molecule is CCc1ccc(OC)c(C(C#N)Cc2ccccc2OC)c1. The van der Waals surface area contributed by atoms with Gasteiger partial charge in [0.15, 0.2) is 0 Å². The lowest BCUT2D eigenvalue weighted by Gasteiger charge is -2.16. The van der Waals surface area contributed by atoms with Gasteiger partial charge in [0.2, 0.25) is 0 Å². The van der Waals surface area contributed by atoms with Gasteiger partial charge in [-0.15, -0.1) is 0 Å². The van der Waals surface area contributed by atoms with Crippen LogP contribution in [0.1, 0.15) is 29.5 Å². The highest BCUT2D eigenvalue weighted by Crippen LogP contribution is 2.32. The highest BCUT2D eigenvalue weighted by molar-refractivity contribution is 5.44. The molecule has 2 aromatic carbocycles. The lowest BCUT2D eigenvalue weighted by molar-refractivity contribution is 0.404. The summed E-state index contributed by atoms with van der Waals surface area (Å²) in [6.45, 7) is 2.10. The number of aryl methyl sites for hydroxylation is 1. The average molecular weight is 295 g/mol. The first-order valence-electron chi connectivity index (χ1n) is 7.41. The van der Waals surface area contributed by atoms with Crippen LogP contribution in [-0.2, 0) is 12.8 Å². The molecular formula is C19H21NO2. The van der Waals surface area contributed by atoms with Crippen molar-refractivity contribution >= 4 is 0 Å². The topological polar surface area (TPSA) is 42.2 Å². The van der Waals surface area contributed by atoms with Gasteiger partial charge in [-0.1, -0.05) is 37.3 Å². The molecule has 0 aliphatic carbocycles. The van der Waals surface area contributed by atoms with Crippen molar-refractivity contribution in [3.8, 4) is 17.6 Å². The highest BCUT2D eigenvalue weighted by Gasteiger charge is 2.18. The van der Waals surface area contributed by atoms with Crippen molar-refractivity contribution in [3.63, 3.8) is 0 Å². The van der Waals surface area contributed by atoms with Crippen molar-refractivity contribution in [1.29, 1.82) is 5.26 Å². The van der Waals surface area contributed by atoms with Crippen LogP contribution in [0.5, 0.6) is 11.5 Å². The molecule has 22 heavy (non-hydrogen) atoms. The molecule has 0 N–H and O–H groups in total. The molecule has 1 atom stereocenters. The van der Waals surface area contributed by atoms with Crippen LogP contribution < -0.4 is 9.47 Å². The molecule has 114 valence electrons. The highest BCUT2D eigenvalue weighted by atomic mass is 16.5. The minimum atomic E-state index is -0.266. The molecule has 0 heterocycles. The molecule has 0 aliphatic rings. The predicted molar refractivity (Wildman–Crippen MR) is 87.4 cm³/mol. The van der Waals surface area contributed by atoms with Crippen LogP contribution in [0.15, 0.2) is 42.5 Å². The molecule has 0 saturated carbocycles. The number of nitrogens with zero attached hydrogens (tertiary/aromatic N) is 1. The van der Waals surface area contributed by atoms with Crippen LogP contribution in [0.3, 0.4) is 0 Å². The minimum absolute atomic E-state index is 0.266. The molecule has 0 bridgehead atoms. The van der Waals surface area contributed by atoms with Gasteiger partial charge >= 0.3 is 0 Å². The number of hydrogen-bond donors (Lipinski definition) is 0. The molecule has 1 unspecified atom stereocenters. The van der Waals surface area contributed by atoms with Crippen LogP contribution >= 0.6 is 0 Å². The first kappa shape index (κ1) is 15.9. The summed E-state index contributed by atoms with van der Waals surface area (Å²) >= 11 is 0. The standard InChI is InChI=1S/C19H21NO2/c1-4-14-9-10-19(22-3)17(11-14)16(13-20)12-15-7-5-6-8-18(15)21-2/h5-11,16H,4,12H2,1-3H3. The van der Waals surface area contributed by atoms with Crippen molar-refractivity contribution in [2.75, 3.05) is 14.2 Å². The smallest absolute Gasteiger partial charge is 0.123 e. The molecule has 0 aromatic heterocycles. The second kappa shape index (κ2) is 7.51. The summed E-state index contributed by atoms with van der Waals surface area (Å²) in [7, 11) is 3.29. The zero-order valence-electron chi connectivity index (χ0n) is 13.3. The fourth-order valence-corrected chi connectivity index (χ4v) is 2.59. The Balaban J connectivity index is 2.38. The number of para-hydroxylation sites is 1. The minimum Gasteiger partial charge on any atom is -0.496 e. The van der Waals surface area contributed by atoms with Crippen LogP contribution in [0.25, 0.3) is 0 Å². The summed E-state index contributed by atoms with van der Waals surface area (Å²) in [5.41, 5.74) is 3.17. The van der Waals surface area contributed by atoms with Gasteiger partial charge in [0, 0.05) is 5.56 Å². The third-order valence-corrected chi connectivity index (χ3v) is 3.85. The van der Waals surface area contributed by atoms with Crippen LogP contribution in [0.4, 0.5) is 0 Å². The molecule has 0 amide bonds. The molecular weight excluding hydrogens is 274 g/mol. The molecule has 0 aliphatic heterocycles. The summed E-state index contributed by atoms with van der Waals surface area (Å²) in [4.78, 5) is 0. The summed E-state index contributed by atoms with van der Waals surface area (Å²) in [5.74, 6) is 1.31. The average Bonchev–Trinajstić information content (AvgIpc) is 2.59. The Morgan fingerprint density at radius 1 is 1.05 bits per heavy atom. The predicted octanol–water partition coefficient (Wildman–Crippen LogP) is 4.12. The summed E-state index contributed by atoms with van der Waals surface area (Å²) in [6, 6.07) is 16.3. The van der Waals surface area contributed by atoms with Gasteiger partial charge in [0.25, 0.3) is 0 Å². The van der Waals surface area contributed by atoms with Crippen molar-refractivity contribution < 1.29 is 9.47 Å². The maximum absolute atomic E-state index is 9.64. The molecule has 0 saturated heterocycles. The van der Waals surface area contributed by atoms with E-state index in [1.807, 2.05) is 36.4 Å². The van der Waals surface area contributed by atoms with E-state index in [1.54, 1.807) is 14.2 Å². The van der Waals surface area contributed by atoms with Gasteiger partial charge in [-0.05, 0) is 36.1 Å². The molecule has 0 spiro atoms. The number of benzene rings is 2. The number of rotatable bonds is 6. The monoisotopic (exact) mass is 295 g/mol. The van der Waals surface area contributed by atoms with Crippen molar-refractivity contribution in [1.82, 2.24) is 0 Å². The first-order valence-corrected chi connectivity index (χ1v) is 7.41. The van der Waals surface area contributed by atoms with Gasteiger partial charge in [-0.3, -0.25) is 0 Å². The molecule has 3 nitrogen and oxygen atoms in total. The van der Waals surface area contributed by atoms with Crippen LogP contribution in [0.2, 0.25) is 0 Å². The van der Waals surface area contributed by atoms with Gasteiger partial charge < -0.3 is 9.47 Å². The maximum atomic E-state index is 9.64. The van der Waals surface area contributed by atoms with E-state index in [0.717, 1.165) is 29.0 Å². The molecule has 0 radical (unpaired) electrons. The summed E-state index contributed by atoms with van der Waals surface area (Å²) in [6.07, 6.45) is 1.54. The van der Waals surface area contributed by atoms with Crippen LogP contribution in [-0.4, -0.2) is 14.2 Å². The van der Waals surface area contributed by atoms with E-state index in [0.29, 0.717) is 6.42 Å². The van der Waals surface area contributed by atoms with E-state index in [4.69, 9.17) is 9.47 Å². The van der Waals surface area contributed by atoms with E-state index in [-0.39, 0.29) is 5.92 Å². The third kappa shape index (κ3) is 3.40. The number of hydrogen-bond acceptors (Lipinski definition) is 3. The Morgan fingerprint density at radius 2 is 1.77 bits per heavy atom. The van der Waals surface area contributed by atoms with Gasteiger partial charge in [-0.25, -0.2) is 0 Å². The third-order valence-electron chi connectivity index (χ3n) is 3.85. The van der Waals surface area contributed by atoms with Crippen molar-refractivity contribution in [3.05, 3.63) is 59.2 Å². The number of ether oxygens (including phenoxy) is 2. The Kier molecular flexibility index (Phi) is 5.43. The molecule has 2 aromatic rings. The second-order valence-corrected chi connectivity index (χ2v) is 5.13. The Labute approximate surface area is 132 Å². The van der Waals surface area contributed by atoms with Crippen LogP contribution in [0, 0.1) is 11.3 Å².